The highest BCUT2D eigenvalue weighted by atomic mass is 16.3. The first-order chi connectivity index (χ1) is 6.19. The minimum atomic E-state index is 0.211. The number of hydrogen-bond acceptors (Lipinski definition) is 2. The molecule has 0 fully saturated rings. The van der Waals surface area contributed by atoms with Crippen molar-refractivity contribution in [3.05, 3.63) is 23.2 Å². The molecule has 1 aromatic rings. The predicted octanol–water partition coefficient (Wildman–Crippen LogP) is 2.18. The first-order valence-electron chi connectivity index (χ1n) is 4.36. The number of hydrogen-bond donors (Lipinski definition) is 1. The van der Waals surface area contributed by atoms with Crippen molar-refractivity contribution in [2.24, 2.45) is 0 Å². The number of aryl methyl sites for hydroxylation is 2. The summed E-state index contributed by atoms with van der Waals surface area (Å²) in [5, 5.41) is 3.17. The van der Waals surface area contributed by atoms with Gasteiger partial charge in [0.15, 0.2) is 0 Å². The molecule has 0 bridgehead atoms. The summed E-state index contributed by atoms with van der Waals surface area (Å²) >= 11 is 0. The Balaban J connectivity index is 2.91. The summed E-state index contributed by atoms with van der Waals surface area (Å²) in [6, 6.07) is 2.25. The third kappa shape index (κ3) is 2.13. The molecule has 0 saturated carbocycles. The third-order valence-electron chi connectivity index (χ3n) is 2.13. The molecule has 0 aromatic carbocycles. The normalized spacial score (nSPS) is 12.5. The Kier molecular flexibility index (Phi) is 3.16. The maximum absolute atomic E-state index is 5.44. The van der Waals surface area contributed by atoms with Crippen LogP contribution in [-0.4, -0.2) is 7.05 Å². The van der Waals surface area contributed by atoms with E-state index in [-0.39, 0.29) is 6.04 Å². The zero-order chi connectivity index (χ0) is 9.84. The van der Waals surface area contributed by atoms with Crippen molar-refractivity contribution in [2.45, 2.75) is 26.3 Å². The minimum absolute atomic E-state index is 0.211. The average Bonchev–Trinajstić information content (AvgIpc) is 2.41. The smallest absolute Gasteiger partial charge is 0.105 e. The lowest BCUT2D eigenvalue weighted by atomic mass is 10.1. The number of rotatable bonds is 3. The van der Waals surface area contributed by atoms with Crippen LogP contribution in [0, 0.1) is 26.2 Å². The molecule has 0 radical (unpaired) electrons. The van der Waals surface area contributed by atoms with Gasteiger partial charge in [0.05, 0.1) is 0 Å². The molecule has 0 aliphatic carbocycles. The maximum Gasteiger partial charge on any atom is 0.105 e. The molecule has 2 nitrogen and oxygen atoms in total. The number of nitrogens with one attached hydrogen (secondary N) is 1. The Bertz CT molecular complexity index is 319. The number of furan rings is 1. The Hall–Kier alpha value is -1.20. The van der Waals surface area contributed by atoms with Gasteiger partial charge in [-0.3, -0.25) is 0 Å². The van der Waals surface area contributed by atoms with Gasteiger partial charge in [-0.2, -0.15) is 0 Å². The zero-order valence-electron chi connectivity index (χ0n) is 8.35. The van der Waals surface area contributed by atoms with Crippen molar-refractivity contribution in [2.75, 3.05) is 7.05 Å². The lowest BCUT2D eigenvalue weighted by molar-refractivity contribution is 0.492. The molecular formula is C11H15NO. The molecule has 13 heavy (non-hydrogen) atoms. The van der Waals surface area contributed by atoms with Gasteiger partial charge in [-0.25, -0.2) is 0 Å². The molecule has 0 spiro atoms. The van der Waals surface area contributed by atoms with Gasteiger partial charge in [0.25, 0.3) is 0 Å². The van der Waals surface area contributed by atoms with E-state index in [1.165, 1.54) is 0 Å². The van der Waals surface area contributed by atoms with Crippen LogP contribution in [-0.2, 0) is 0 Å². The van der Waals surface area contributed by atoms with Crippen molar-refractivity contribution in [3.63, 3.8) is 0 Å². The summed E-state index contributed by atoms with van der Waals surface area (Å²) in [7, 11) is 1.91. The van der Waals surface area contributed by atoms with E-state index in [0.717, 1.165) is 17.1 Å². The van der Waals surface area contributed by atoms with E-state index in [1.54, 1.807) is 0 Å². The van der Waals surface area contributed by atoms with Gasteiger partial charge in [0.1, 0.15) is 11.5 Å². The summed E-state index contributed by atoms with van der Waals surface area (Å²) in [6.45, 7) is 3.91. The molecule has 70 valence electrons. The first kappa shape index (κ1) is 9.88. The van der Waals surface area contributed by atoms with Gasteiger partial charge in [-0.15, -0.1) is 12.3 Å². The van der Waals surface area contributed by atoms with E-state index in [4.69, 9.17) is 10.8 Å². The summed E-state index contributed by atoms with van der Waals surface area (Å²) in [5.74, 6) is 4.54. The van der Waals surface area contributed by atoms with Gasteiger partial charge in [-0.1, -0.05) is 0 Å². The van der Waals surface area contributed by atoms with Crippen LogP contribution in [0.15, 0.2) is 10.5 Å². The van der Waals surface area contributed by atoms with Crippen molar-refractivity contribution < 1.29 is 4.42 Å². The average molecular weight is 177 g/mol. The highest BCUT2D eigenvalue weighted by Gasteiger charge is 2.13. The fourth-order valence-electron chi connectivity index (χ4n) is 1.48. The Labute approximate surface area is 79.3 Å². The van der Waals surface area contributed by atoms with Gasteiger partial charge < -0.3 is 9.73 Å². The number of terminal acetylenes is 1. The molecule has 2 heteroatoms. The summed E-state index contributed by atoms with van der Waals surface area (Å²) in [4.78, 5) is 0. The largest absolute Gasteiger partial charge is 0.466 e. The molecule has 0 amide bonds. The molecule has 1 unspecified atom stereocenters. The molecule has 1 rings (SSSR count). The van der Waals surface area contributed by atoms with Crippen molar-refractivity contribution in [3.8, 4) is 12.3 Å². The monoisotopic (exact) mass is 177 g/mol. The zero-order valence-corrected chi connectivity index (χ0v) is 8.35. The summed E-state index contributed by atoms with van der Waals surface area (Å²) in [6.07, 6.45) is 5.97. The van der Waals surface area contributed by atoms with Crippen molar-refractivity contribution in [1.82, 2.24) is 5.32 Å². The second-order valence-corrected chi connectivity index (χ2v) is 3.12. The van der Waals surface area contributed by atoms with E-state index in [1.807, 2.05) is 27.0 Å². The molecule has 0 aliphatic heterocycles. The Morgan fingerprint density at radius 3 is 2.69 bits per heavy atom. The van der Waals surface area contributed by atoms with Crippen molar-refractivity contribution in [1.29, 1.82) is 0 Å². The molecule has 0 saturated heterocycles. The minimum Gasteiger partial charge on any atom is -0.466 e. The SMILES string of the molecule is C#CCC(NC)c1cc(C)oc1C. The lowest BCUT2D eigenvalue weighted by Gasteiger charge is -2.11. The second-order valence-electron chi connectivity index (χ2n) is 3.12. The Morgan fingerprint density at radius 1 is 1.62 bits per heavy atom. The van der Waals surface area contributed by atoms with E-state index in [9.17, 15) is 0 Å². The fraction of sp³-hybridized carbons (Fsp3) is 0.455. The van der Waals surface area contributed by atoms with Gasteiger partial charge >= 0.3 is 0 Å². The maximum atomic E-state index is 5.44. The molecule has 0 aliphatic rings. The van der Waals surface area contributed by atoms with Crippen LogP contribution in [0.4, 0.5) is 0 Å². The van der Waals surface area contributed by atoms with Crippen LogP contribution >= 0.6 is 0 Å². The van der Waals surface area contributed by atoms with E-state index < -0.39 is 0 Å². The quantitative estimate of drug-likeness (QED) is 0.716. The van der Waals surface area contributed by atoms with E-state index in [2.05, 4.69) is 11.2 Å². The van der Waals surface area contributed by atoms with Crippen LogP contribution < -0.4 is 5.32 Å². The molecule has 1 atom stereocenters. The lowest BCUT2D eigenvalue weighted by Crippen LogP contribution is -2.15. The molecule has 1 aromatic heterocycles. The van der Waals surface area contributed by atoms with Crippen LogP contribution in [0.5, 0.6) is 0 Å². The van der Waals surface area contributed by atoms with Gasteiger partial charge in [-0.05, 0) is 27.0 Å². The molecular weight excluding hydrogens is 162 g/mol. The van der Waals surface area contributed by atoms with E-state index in [0.29, 0.717) is 6.42 Å². The summed E-state index contributed by atoms with van der Waals surface area (Å²) < 4.78 is 5.44. The molecule has 1 heterocycles. The van der Waals surface area contributed by atoms with Crippen LogP contribution in [0.1, 0.15) is 29.5 Å². The summed E-state index contributed by atoms with van der Waals surface area (Å²) in [5.41, 5.74) is 1.16. The highest BCUT2D eigenvalue weighted by Crippen LogP contribution is 2.23. The highest BCUT2D eigenvalue weighted by molar-refractivity contribution is 5.25. The fourth-order valence-corrected chi connectivity index (χ4v) is 1.48. The van der Waals surface area contributed by atoms with Crippen molar-refractivity contribution >= 4 is 0 Å². The standard InChI is InChI=1S/C11H15NO/c1-5-6-11(12-4)10-7-8(2)13-9(10)3/h1,7,11-12H,6H2,2-4H3. The van der Waals surface area contributed by atoms with Gasteiger partial charge in [0, 0.05) is 18.0 Å². The Morgan fingerprint density at radius 2 is 2.31 bits per heavy atom. The third-order valence-corrected chi connectivity index (χ3v) is 2.13. The topological polar surface area (TPSA) is 25.2 Å². The van der Waals surface area contributed by atoms with Crippen LogP contribution in [0.3, 0.4) is 0 Å². The molecule has 1 N–H and O–H groups in total. The second kappa shape index (κ2) is 4.15. The van der Waals surface area contributed by atoms with E-state index >= 15 is 0 Å². The first-order valence-corrected chi connectivity index (χ1v) is 4.36. The van der Waals surface area contributed by atoms with Crippen LogP contribution in [0.2, 0.25) is 0 Å². The predicted molar refractivity (Wildman–Crippen MR) is 53.4 cm³/mol. The van der Waals surface area contributed by atoms with Crippen LogP contribution in [0.25, 0.3) is 0 Å². The van der Waals surface area contributed by atoms with Gasteiger partial charge in [0.2, 0.25) is 0 Å².